The second-order valence-corrected chi connectivity index (χ2v) is 13.8. The molecule has 2 aromatic carbocycles. The number of anilines is 3. The lowest BCUT2D eigenvalue weighted by Gasteiger charge is -2.44. The Labute approximate surface area is 251 Å². The molecule has 2 bridgehead atoms. The van der Waals surface area contributed by atoms with E-state index < -0.39 is 10.0 Å². The van der Waals surface area contributed by atoms with E-state index in [4.69, 9.17) is 0 Å². The summed E-state index contributed by atoms with van der Waals surface area (Å²) in [6, 6.07) is 16.6. The van der Waals surface area contributed by atoms with Crippen LogP contribution >= 0.6 is 0 Å². The van der Waals surface area contributed by atoms with Crippen LogP contribution in [0.15, 0.2) is 70.4 Å². The minimum Gasteiger partial charge on any atom is -0.369 e. The fraction of sp³-hybridized carbons (Fsp3) is 0.406. The molecule has 2 amide bonds. The van der Waals surface area contributed by atoms with Gasteiger partial charge in [0.1, 0.15) is 0 Å². The zero-order valence-electron chi connectivity index (χ0n) is 24.5. The molecular weight excluding hydrogens is 566 g/mol. The van der Waals surface area contributed by atoms with Crippen molar-refractivity contribution in [2.75, 3.05) is 41.1 Å². The highest BCUT2D eigenvalue weighted by molar-refractivity contribution is 7.92. The normalized spacial score (nSPS) is 20.3. The number of likely N-dealkylation sites (tertiary alicyclic amines) is 1. The minimum absolute atomic E-state index is 0.00796. The lowest BCUT2D eigenvalue weighted by atomic mass is 9.83. The molecule has 4 heterocycles. The fourth-order valence-corrected chi connectivity index (χ4v) is 7.70. The van der Waals surface area contributed by atoms with Crippen LogP contribution < -0.4 is 20.5 Å². The van der Waals surface area contributed by atoms with Gasteiger partial charge in [0.25, 0.3) is 21.5 Å². The van der Waals surface area contributed by atoms with Crippen LogP contribution in [0.1, 0.15) is 55.1 Å². The average Bonchev–Trinajstić information content (AvgIpc) is 2.97. The summed E-state index contributed by atoms with van der Waals surface area (Å²) in [5, 5.41) is 2.64. The second kappa shape index (κ2) is 11.5. The van der Waals surface area contributed by atoms with Crippen LogP contribution in [0.25, 0.3) is 0 Å². The topological polar surface area (TPSA) is 121 Å². The van der Waals surface area contributed by atoms with E-state index in [0.29, 0.717) is 61.3 Å². The first kappa shape index (κ1) is 29.0. The monoisotopic (exact) mass is 603 g/mol. The highest BCUT2D eigenvalue weighted by atomic mass is 32.2. The fourth-order valence-electron chi connectivity index (χ4n) is 6.64. The van der Waals surface area contributed by atoms with E-state index >= 15 is 0 Å². The van der Waals surface area contributed by atoms with Gasteiger partial charge in [-0.3, -0.25) is 19.1 Å². The zero-order valence-corrected chi connectivity index (χ0v) is 25.3. The van der Waals surface area contributed by atoms with Gasteiger partial charge in [0.05, 0.1) is 16.3 Å². The van der Waals surface area contributed by atoms with E-state index in [1.165, 1.54) is 19.1 Å². The quantitative estimate of drug-likeness (QED) is 0.438. The third kappa shape index (κ3) is 6.04. The van der Waals surface area contributed by atoms with Crippen molar-refractivity contribution in [2.45, 2.75) is 50.5 Å². The zero-order chi connectivity index (χ0) is 30.3. The SMILES string of the molecule is CC(=O)Nc1ccc(S(=O)(=O)Nc2cc(C(=O)N3CCC(C)CC3)ccc2N2C[C@H]3C[C@@H](C2)c2cccc(=O)n2C3)cc1. The second-order valence-electron chi connectivity index (χ2n) is 12.1. The highest BCUT2D eigenvalue weighted by Gasteiger charge is 2.36. The Balaban J connectivity index is 1.33. The Hall–Kier alpha value is -4.12. The van der Waals surface area contributed by atoms with E-state index in [2.05, 4.69) is 21.9 Å². The first-order valence-electron chi connectivity index (χ1n) is 14.9. The Morgan fingerprint density at radius 2 is 1.67 bits per heavy atom. The molecule has 6 rings (SSSR count). The number of fused-ring (bicyclic) bond motifs is 4. The lowest BCUT2D eigenvalue weighted by molar-refractivity contribution is -0.114. The summed E-state index contributed by atoms with van der Waals surface area (Å²) >= 11 is 0. The van der Waals surface area contributed by atoms with Crippen molar-refractivity contribution < 1.29 is 18.0 Å². The van der Waals surface area contributed by atoms with Crippen LogP contribution in [0.2, 0.25) is 0 Å². The summed E-state index contributed by atoms with van der Waals surface area (Å²) in [6.45, 7) is 6.84. The number of amides is 2. The Kier molecular flexibility index (Phi) is 7.76. The summed E-state index contributed by atoms with van der Waals surface area (Å²) in [5.41, 5.74) is 2.98. The smallest absolute Gasteiger partial charge is 0.261 e. The molecule has 2 atom stereocenters. The molecule has 0 unspecified atom stereocenters. The average molecular weight is 604 g/mol. The summed E-state index contributed by atoms with van der Waals surface area (Å²) in [5.74, 6) is 0.576. The van der Waals surface area contributed by atoms with Crippen molar-refractivity contribution in [3.8, 4) is 0 Å². The Bertz CT molecular complexity index is 1710. The first-order valence-corrected chi connectivity index (χ1v) is 16.3. The van der Waals surface area contributed by atoms with Gasteiger partial charge < -0.3 is 19.7 Å². The van der Waals surface area contributed by atoms with Crippen LogP contribution in [0.3, 0.4) is 0 Å². The predicted octanol–water partition coefficient (Wildman–Crippen LogP) is 4.10. The maximum Gasteiger partial charge on any atom is 0.261 e. The number of piperidine rings is 2. The van der Waals surface area contributed by atoms with Crippen molar-refractivity contribution in [1.82, 2.24) is 9.47 Å². The number of rotatable bonds is 6. The van der Waals surface area contributed by atoms with Gasteiger partial charge >= 0.3 is 0 Å². The Morgan fingerprint density at radius 1 is 0.930 bits per heavy atom. The number of carbonyl (C=O) groups excluding carboxylic acids is 2. The van der Waals surface area contributed by atoms with Gasteiger partial charge in [0, 0.05) is 68.6 Å². The molecule has 226 valence electrons. The van der Waals surface area contributed by atoms with Crippen molar-refractivity contribution in [3.05, 3.63) is 82.3 Å². The predicted molar refractivity (Wildman–Crippen MR) is 166 cm³/mol. The summed E-state index contributed by atoms with van der Waals surface area (Å²) in [4.78, 5) is 41.5. The van der Waals surface area contributed by atoms with E-state index in [0.717, 1.165) is 25.0 Å². The summed E-state index contributed by atoms with van der Waals surface area (Å²) in [6.07, 6.45) is 2.85. The van der Waals surface area contributed by atoms with Crippen molar-refractivity contribution >= 4 is 38.9 Å². The van der Waals surface area contributed by atoms with Gasteiger partial charge in [-0.2, -0.15) is 0 Å². The molecular formula is C32H37N5O5S. The van der Waals surface area contributed by atoms with E-state index in [1.807, 2.05) is 21.6 Å². The molecule has 2 N–H and O–H groups in total. The van der Waals surface area contributed by atoms with Gasteiger partial charge in [-0.1, -0.05) is 13.0 Å². The maximum atomic E-state index is 13.6. The first-order chi connectivity index (χ1) is 20.6. The third-order valence-corrected chi connectivity index (χ3v) is 10.2. The molecule has 3 aliphatic rings. The number of benzene rings is 2. The van der Waals surface area contributed by atoms with E-state index in [-0.39, 0.29) is 34.1 Å². The number of hydrogen-bond donors (Lipinski definition) is 2. The molecule has 2 fully saturated rings. The van der Waals surface area contributed by atoms with E-state index in [9.17, 15) is 22.8 Å². The molecule has 2 saturated heterocycles. The van der Waals surface area contributed by atoms with Gasteiger partial charge in [0.15, 0.2) is 0 Å². The van der Waals surface area contributed by atoms with Crippen molar-refractivity contribution in [1.29, 1.82) is 0 Å². The third-order valence-electron chi connectivity index (χ3n) is 8.86. The largest absolute Gasteiger partial charge is 0.369 e. The van der Waals surface area contributed by atoms with Crippen LogP contribution in [0.5, 0.6) is 0 Å². The molecule has 43 heavy (non-hydrogen) atoms. The van der Waals surface area contributed by atoms with Crippen molar-refractivity contribution in [2.24, 2.45) is 11.8 Å². The van der Waals surface area contributed by atoms with Gasteiger partial charge in [-0.25, -0.2) is 8.42 Å². The molecule has 10 nitrogen and oxygen atoms in total. The number of carbonyl (C=O) groups is 2. The standard InChI is InChI=1S/C32H37N5O5S/c1-21-12-14-35(15-13-21)32(40)24-6-11-30(36-18-23-16-25(20-36)29-4-3-5-31(39)37(29)19-23)28(17-24)34-43(41,42)27-9-7-26(8-10-27)33-22(2)38/h3-11,17,21,23,25,34H,12-16,18-20H2,1-2H3,(H,33,38)/t23-,25+/m1/s1. The molecule has 3 aliphatic heterocycles. The van der Waals surface area contributed by atoms with Gasteiger partial charge in [0.2, 0.25) is 5.91 Å². The summed E-state index contributed by atoms with van der Waals surface area (Å²) in [7, 11) is -4.03. The molecule has 0 saturated carbocycles. The number of nitrogens with one attached hydrogen (secondary N) is 2. The van der Waals surface area contributed by atoms with Gasteiger partial charge in [-0.15, -0.1) is 0 Å². The highest BCUT2D eigenvalue weighted by Crippen LogP contribution is 2.40. The lowest BCUT2D eigenvalue weighted by Crippen LogP contribution is -2.47. The number of pyridine rings is 1. The molecule has 3 aromatic rings. The number of hydrogen-bond acceptors (Lipinski definition) is 6. The maximum absolute atomic E-state index is 13.6. The van der Waals surface area contributed by atoms with Crippen molar-refractivity contribution in [3.63, 3.8) is 0 Å². The minimum atomic E-state index is -4.03. The van der Waals surface area contributed by atoms with Crippen LogP contribution in [-0.2, 0) is 21.4 Å². The Morgan fingerprint density at radius 3 is 2.40 bits per heavy atom. The van der Waals surface area contributed by atoms with Crippen LogP contribution in [0.4, 0.5) is 17.1 Å². The molecule has 0 radical (unpaired) electrons. The molecule has 11 heteroatoms. The molecule has 0 aliphatic carbocycles. The number of sulfonamides is 1. The van der Waals surface area contributed by atoms with E-state index in [1.54, 1.807) is 36.4 Å². The summed E-state index contributed by atoms with van der Waals surface area (Å²) < 4.78 is 31.9. The molecule has 1 aromatic heterocycles. The van der Waals surface area contributed by atoms with Gasteiger partial charge in [-0.05, 0) is 79.6 Å². The molecule has 0 spiro atoms. The number of aromatic nitrogens is 1. The number of nitrogens with zero attached hydrogens (tertiary/aromatic N) is 3. The van der Waals surface area contributed by atoms with Crippen LogP contribution in [-0.4, -0.2) is 55.9 Å². The van der Waals surface area contributed by atoms with Crippen LogP contribution in [0, 0.1) is 11.8 Å².